The molecule has 168 valence electrons. The van der Waals surface area contributed by atoms with Crippen LogP contribution in [-0.4, -0.2) is 42.0 Å². The molecule has 1 unspecified atom stereocenters. The predicted molar refractivity (Wildman–Crippen MR) is 120 cm³/mol. The van der Waals surface area contributed by atoms with Crippen LogP contribution in [0.4, 0.5) is 4.39 Å². The van der Waals surface area contributed by atoms with Gasteiger partial charge in [0.1, 0.15) is 12.4 Å². The van der Waals surface area contributed by atoms with Gasteiger partial charge < -0.3 is 10.1 Å². The molecule has 1 aromatic carbocycles. The summed E-state index contributed by atoms with van der Waals surface area (Å²) in [4.78, 5) is 14.2. The topological polar surface area (TPSA) is 80.7 Å². The van der Waals surface area contributed by atoms with Crippen LogP contribution in [0.3, 0.4) is 0 Å². The van der Waals surface area contributed by atoms with Crippen molar-refractivity contribution in [3.8, 4) is 0 Å². The Bertz CT molecular complexity index is 819. The molecule has 6 nitrogen and oxygen atoms in total. The van der Waals surface area contributed by atoms with E-state index in [9.17, 15) is 8.96 Å². The number of hydrogen-bond donors (Lipinski definition) is 2. The summed E-state index contributed by atoms with van der Waals surface area (Å²) in [6, 6.07) is 11.0. The molecule has 0 spiro atoms. The Morgan fingerprint density at radius 3 is 2.65 bits per heavy atom. The van der Waals surface area contributed by atoms with Gasteiger partial charge in [-0.1, -0.05) is 18.6 Å². The Hall–Kier alpha value is -1.41. The van der Waals surface area contributed by atoms with Gasteiger partial charge in [-0.15, -0.1) is 21.2 Å². The van der Waals surface area contributed by atoms with Crippen LogP contribution in [0.1, 0.15) is 36.9 Å². The van der Waals surface area contributed by atoms with E-state index in [4.69, 9.17) is 9.63 Å². The summed E-state index contributed by atoms with van der Waals surface area (Å²) >= 11 is 1.81. The van der Waals surface area contributed by atoms with Gasteiger partial charge in [-0.2, -0.15) is 0 Å². The second-order valence-electron chi connectivity index (χ2n) is 7.67. The van der Waals surface area contributed by atoms with Crippen molar-refractivity contribution in [2.24, 2.45) is 0 Å². The number of nitrogens with one attached hydrogen (secondary N) is 1. The van der Waals surface area contributed by atoms with Crippen LogP contribution in [0.5, 0.6) is 0 Å². The SMILES string of the molecule is O=[P+](O)OCCCNCc1ccc(SCCCCC2(c3ccc(F)cc3)COC2)cn1. The maximum Gasteiger partial charge on any atom is 0.694 e. The first-order valence-electron chi connectivity index (χ1n) is 10.5. The molecule has 0 aliphatic carbocycles. The minimum absolute atomic E-state index is 0.0520. The molecule has 0 radical (unpaired) electrons. The highest BCUT2D eigenvalue weighted by atomic mass is 32.2. The monoisotopic (exact) mass is 467 g/mol. The zero-order valence-corrected chi connectivity index (χ0v) is 19.2. The van der Waals surface area contributed by atoms with E-state index in [1.807, 2.05) is 36.2 Å². The Morgan fingerprint density at radius 1 is 1.19 bits per heavy atom. The molecule has 2 heterocycles. The third-order valence-electron chi connectivity index (χ3n) is 5.34. The van der Waals surface area contributed by atoms with E-state index in [1.54, 1.807) is 0 Å². The molecule has 1 atom stereocenters. The van der Waals surface area contributed by atoms with Crippen LogP contribution in [0.15, 0.2) is 47.5 Å². The molecule has 0 amide bonds. The number of hydrogen-bond acceptors (Lipinski definition) is 6. The van der Waals surface area contributed by atoms with E-state index in [-0.39, 0.29) is 17.8 Å². The van der Waals surface area contributed by atoms with Gasteiger partial charge in [0.05, 0.1) is 18.9 Å². The van der Waals surface area contributed by atoms with Gasteiger partial charge in [-0.05, 0) is 61.4 Å². The van der Waals surface area contributed by atoms with Crippen LogP contribution in [0.2, 0.25) is 0 Å². The molecule has 0 saturated carbocycles. The number of halogens is 1. The largest absolute Gasteiger partial charge is 0.694 e. The molecule has 1 saturated heterocycles. The third kappa shape index (κ3) is 7.90. The minimum Gasteiger partial charge on any atom is -0.379 e. The van der Waals surface area contributed by atoms with E-state index in [1.165, 1.54) is 17.7 Å². The van der Waals surface area contributed by atoms with E-state index < -0.39 is 8.25 Å². The van der Waals surface area contributed by atoms with E-state index in [0.717, 1.165) is 48.8 Å². The molecule has 1 aromatic heterocycles. The molecule has 2 aromatic rings. The fourth-order valence-corrected chi connectivity index (χ4v) is 4.68. The number of benzene rings is 1. The molecule has 3 rings (SSSR count). The number of pyridine rings is 1. The summed E-state index contributed by atoms with van der Waals surface area (Å²) in [5, 5.41) is 3.24. The fraction of sp³-hybridized carbons (Fsp3) is 0.500. The zero-order chi connectivity index (χ0) is 21.9. The van der Waals surface area contributed by atoms with Gasteiger partial charge in [0.2, 0.25) is 0 Å². The van der Waals surface area contributed by atoms with Crippen molar-refractivity contribution in [3.05, 3.63) is 59.7 Å². The average molecular weight is 468 g/mol. The van der Waals surface area contributed by atoms with Gasteiger partial charge >= 0.3 is 8.25 Å². The summed E-state index contributed by atoms with van der Waals surface area (Å²) in [5.74, 6) is 0.838. The third-order valence-corrected chi connectivity index (χ3v) is 6.81. The molecule has 0 bridgehead atoms. The summed E-state index contributed by atoms with van der Waals surface area (Å²) in [7, 11) is -2.50. The predicted octanol–water partition coefficient (Wildman–Crippen LogP) is 4.60. The standard InChI is InChI=1S/C22H28FN2O4PS/c23-19-6-4-18(5-7-19)22(16-28-17-22)10-1-2-13-31-21-9-8-20(25-15-21)14-24-11-3-12-29-30(26)27/h4-9,15,24H,1-3,10-14,16-17H2/p+1. The van der Waals surface area contributed by atoms with Crippen LogP contribution in [-0.2, 0) is 25.8 Å². The number of nitrogens with zero attached hydrogens (tertiary/aromatic N) is 1. The van der Waals surface area contributed by atoms with Gasteiger partial charge in [0.15, 0.2) is 0 Å². The van der Waals surface area contributed by atoms with Crippen LogP contribution in [0.25, 0.3) is 0 Å². The van der Waals surface area contributed by atoms with Crippen molar-refractivity contribution in [1.29, 1.82) is 0 Å². The Labute approximate surface area is 187 Å². The van der Waals surface area contributed by atoms with E-state index in [2.05, 4.69) is 20.9 Å². The van der Waals surface area contributed by atoms with Crippen molar-refractivity contribution in [2.45, 2.75) is 42.5 Å². The number of ether oxygens (including phenoxy) is 1. The molecule has 2 N–H and O–H groups in total. The molecule has 1 aliphatic heterocycles. The number of unbranched alkanes of at least 4 members (excludes halogenated alkanes) is 1. The summed E-state index contributed by atoms with van der Waals surface area (Å²) in [6.45, 7) is 3.06. The first-order valence-corrected chi connectivity index (χ1v) is 12.6. The fourth-order valence-electron chi connectivity index (χ4n) is 3.52. The number of aromatic nitrogens is 1. The molecule has 31 heavy (non-hydrogen) atoms. The van der Waals surface area contributed by atoms with Crippen molar-refractivity contribution >= 4 is 20.0 Å². The van der Waals surface area contributed by atoms with Crippen molar-refractivity contribution < 1.29 is 23.1 Å². The lowest BCUT2D eigenvalue weighted by atomic mass is 9.75. The number of rotatable bonds is 14. The molecule has 9 heteroatoms. The molecule has 1 aliphatic rings. The van der Waals surface area contributed by atoms with Crippen molar-refractivity contribution in [1.82, 2.24) is 10.3 Å². The van der Waals surface area contributed by atoms with Gasteiger partial charge in [0, 0.05) is 27.6 Å². The van der Waals surface area contributed by atoms with E-state index >= 15 is 0 Å². The molecule has 1 fully saturated rings. The van der Waals surface area contributed by atoms with Gasteiger partial charge in [-0.3, -0.25) is 4.98 Å². The smallest absolute Gasteiger partial charge is 0.379 e. The second-order valence-corrected chi connectivity index (χ2v) is 9.57. The van der Waals surface area contributed by atoms with Crippen LogP contribution < -0.4 is 5.32 Å². The molecular formula is C22H29FN2O4PS+. The van der Waals surface area contributed by atoms with Crippen molar-refractivity contribution in [2.75, 3.05) is 32.1 Å². The first-order chi connectivity index (χ1) is 15.1. The number of thioether (sulfide) groups is 1. The lowest BCUT2D eigenvalue weighted by Crippen LogP contribution is -2.46. The highest BCUT2D eigenvalue weighted by Crippen LogP contribution is 2.37. The lowest BCUT2D eigenvalue weighted by Gasteiger charge is -2.42. The van der Waals surface area contributed by atoms with Crippen LogP contribution in [0, 0.1) is 5.82 Å². The highest BCUT2D eigenvalue weighted by molar-refractivity contribution is 7.99. The van der Waals surface area contributed by atoms with E-state index in [0.29, 0.717) is 19.5 Å². The Balaban J connectivity index is 1.30. The maximum absolute atomic E-state index is 13.2. The van der Waals surface area contributed by atoms with Crippen LogP contribution >= 0.6 is 20.0 Å². The van der Waals surface area contributed by atoms with Crippen molar-refractivity contribution in [3.63, 3.8) is 0 Å². The van der Waals surface area contributed by atoms with Gasteiger partial charge in [-0.25, -0.2) is 4.39 Å². The summed E-state index contributed by atoms with van der Waals surface area (Å²) in [5.41, 5.74) is 2.19. The normalized spacial score (nSPS) is 15.5. The second kappa shape index (κ2) is 12.6. The zero-order valence-electron chi connectivity index (χ0n) is 17.5. The Kier molecular flexibility index (Phi) is 9.84. The lowest BCUT2D eigenvalue weighted by molar-refractivity contribution is -0.0652. The maximum atomic E-state index is 13.2. The first kappa shape index (κ1) is 24.2. The highest BCUT2D eigenvalue weighted by Gasteiger charge is 2.39. The Morgan fingerprint density at radius 2 is 2.00 bits per heavy atom. The molecular weight excluding hydrogens is 438 g/mol. The quantitative estimate of drug-likeness (QED) is 0.239. The average Bonchev–Trinajstić information content (AvgIpc) is 2.73. The minimum atomic E-state index is -2.50. The summed E-state index contributed by atoms with van der Waals surface area (Å²) < 4.78 is 33.7. The summed E-state index contributed by atoms with van der Waals surface area (Å²) in [6.07, 6.45) is 5.85. The van der Waals surface area contributed by atoms with Gasteiger partial charge in [0.25, 0.3) is 0 Å².